The van der Waals surface area contributed by atoms with Gasteiger partial charge in [0, 0.05) is 12.5 Å². The molecule has 2 atom stereocenters. The molecule has 146 valence electrons. The number of hydrogen-bond donors (Lipinski definition) is 3. The molecule has 0 aliphatic rings. The zero-order chi connectivity index (χ0) is 19.2. The van der Waals surface area contributed by atoms with Crippen LogP contribution in [0.4, 0.5) is 0 Å². The summed E-state index contributed by atoms with van der Waals surface area (Å²) in [4.78, 5) is 12.4. The van der Waals surface area contributed by atoms with Crippen molar-refractivity contribution in [3.05, 3.63) is 42.2 Å². The molecule has 3 N–H and O–H groups in total. The van der Waals surface area contributed by atoms with E-state index in [1.165, 1.54) is 32.1 Å². The average molecular weight is 364 g/mol. The number of carbonyl (C=O) groups is 1. The molecule has 0 saturated heterocycles. The molecule has 0 bridgehead atoms. The first-order chi connectivity index (χ1) is 12.6. The highest BCUT2D eigenvalue weighted by Gasteiger charge is 2.20. The van der Waals surface area contributed by atoms with Crippen LogP contribution in [0.5, 0.6) is 0 Å². The summed E-state index contributed by atoms with van der Waals surface area (Å²) in [5, 5.41) is 22.2. The molecule has 0 spiro atoms. The second-order valence-corrected chi connectivity index (χ2v) is 6.69. The Morgan fingerprint density at radius 3 is 2.65 bits per heavy atom. The minimum Gasteiger partial charge on any atom is -0.394 e. The van der Waals surface area contributed by atoms with Crippen molar-refractivity contribution in [2.75, 3.05) is 6.61 Å². The van der Waals surface area contributed by atoms with Crippen LogP contribution in [0.3, 0.4) is 0 Å². The topological polar surface area (TPSA) is 73.4 Å². The predicted molar refractivity (Wildman–Crippen MR) is 104 cm³/mol. The monoisotopic (exact) mass is 363 g/mol. The number of carbonyl (C=O) groups excluding carboxylic acids is 1. The van der Waals surface area contributed by atoms with Crippen LogP contribution in [-0.2, 0) is 6.54 Å². The van der Waals surface area contributed by atoms with Gasteiger partial charge in [0.15, 0.2) is 12.4 Å². The molecule has 1 aromatic rings. The molecule has 0 saturated carbocycles. The molecular formula is C21H35N2O3+. The molecule has 0 radical (unpaired) electrons. The minimum atomic E-state index is -0.900. The van der Waals surface area contributed by atoms with E-state index < -0.39 is 12.1 Å². The third kappa shape index (κ3) is 8.59. The van der Waals surface area contributed by atoms with Crippen molar-refractivity contribution in [1.29, 1.82) is 0 Å². The van der Waals surface area contributed by atoms with Gasteiger partial charge in [-0.1, -0.05) is 51.7 Å². The number of aromatic nitrogens is 1. The number of nitrogens with one attached hydrogen (secondary N) is 1. The lowest BCUT2D eigenvalue weighted by molar-refractivity contribution is -0.697. The molecule has 0 aromatic carbocycles. The number of hydrogen-bond acceptors (Lipinski definition) is 3. The van der Waals surface area contributed by atoms with Crippen molar-refractivity contribution in [1.82, 2.24) is 5.32 Å². The van der Waals surface area contributed by atoms with E-state index in [-0.39, 0.29) is 12.5 Å². The molecule has 0 fully saturated rings. The molecule has 1 rings (SSSR count). The number of aliphatic hydroxyl groups is 2. The molecule has 1 aromatic heterocycles. The Kier molecular flexibility index (Phi) is 11.6. The number of pyridine rings is 1. The van der Waals surface area contributed by atoms with Crippen molar-refractivity contribution in [2.45, 2.75) is 77.5 Å². The van der Waals surface area contributed by atoms with Gasteiger partial charge >= 0.3 is 0 Å². The van der Waals surface area contributed by atoms with Gasteiger partial charge in [-0.25, -0.2) is 4.57 Å². The highest BCUT2D eigenvalue weighted by molar-refractivity contribution is 5.93. The number of amides is 1. The second kappa shape index (κ2) is 13.5. The van der Waals surface area contributed by atoms with E-state index in [9.17, 15) is 15.0 Å². The predicted octanol–water partition coefficient (Wildman–Crippen LogP) is 2.75. The van der Waals surface area contributed by atoms with Crippen molar-refractivity contribution in [3.63, 3.8) is 0 Å². The van der Waals surface area contributed by atoms with Crippen LogP contribution in [0.2, 0.25) is 0 Å². The van der Waals surface area contributed by atoms with Crippen LogP contribution in [-0.4, -0.2) is 34.9 Å². The summed E-state index contributed by atoms with van der Waals surface area (Å²) < 4.78 is 2.02. The van der Waals surface area contributed by atoms with Gasteiger partial charge in [-0.3, -0.25) is 4.79 Å². The summed E-state index contributed by atoms with van der Waals surface area (Å²) >= 11 is 0. The quantitative estimate of drug-likeness (QED) is 0.287. The lowest BCUT2D eigenvalue weighted by Crippen LogP contribution is -2.45. The summed E-state index contributed by atoms with van der Waals surface area (Å²) in [5.74, 6) is -0.287. The Balaban J connectivity index is 2.54. The van der Waals surface area contributed by atoms with Gasteiger partial charge in [-0.2, -0.15) is 0 Å². The van der Waals surface area contributed by atoms with E-state index >= 15 is 0 Å². The van der Waals surface area contributed by atoms with Crippen LogP contribution in [0, 0.1) is 0 Å². The van der Waals surface area contributed by atoms with Crippen LogP contribution in [0.25, 0.3) is 0 Å². The summed E-state index contributed by atoms with van der Waals surface area (Å²) in [7, 11) is 0. The van der Waals surface area contributed by atoms with Crippen molar-refractivity contribution < 1.29 is 19.6 Å². The Morgan fingerprint density at radius 2 is 1.96 bits per heavy atom. The Morgan fingerprint density at radius 1 is 1.23 bits per heavy atom. The highest BCUT2D eigenvalue weighted by atomic mass is 16.3. The molecule has 5 nitrogen and oxygen atoms in total. The number of allylic oxidation sites excluding steroid dienone is 1. The molecule has 0 aliphatic heterocycles. The zero-order valence-corrected chi connectivity index (χ0v) is 16.2. The first-order valence-corrected chi connectivity index (χ1v) is 9.87. The van der Waals surface area contributed by atoms with Crippen LogP contribution < -0.4 is 9.88 Å². The fraction of sp³-hybridized carbons (Fsp3) is 0.619. The molecular weight excluding hydrogens is 328 g/mol. The Bertz CT molecular complexity index is 546. The molecule has 26 heavy (non-hydrogen) atoms. The van der Waals surface area contributed by atoms with Gasteiger partial charge < -0.3 is 15.5 Å². The highest BCUT2D eigenvalue weighted by Crippen LogP contribution is 2.05. The maximum absolute atomic E-state index is 12.4. The fourth-order valence-electron chi connectivity index (χ4n) is 2.77. The van der Waals surface area contributed by atoms with Gasteiger partial charge in [0.1, 0.15) is 12.1 Å². The average Bonchev–Trinajstić information content (AvgIpc) is 2.66. The fourth-order valence-corrected chi connectivity index (χ4v) is 2.77. The maximum atomic E-state index is 12.4. The number of rotatable bonds is 13. The van der Waals surface area contributed by atoms with E-state index in [0.29, 0.717) is 5.56 Å². The molecule has 1 amide bonds. The van der Waals surface area contributed by atoms with Crippen LogP contribution in [0.15, 0.2) is 36.7 Å². The van der Waals surface area contributed by atoms with Gasteiger partial charge in [0.2, 0.25) is 0 Å². The Hall–Kier alpha value is -1.72. The largest absolute Gasteiger partial charge is 0.394 e. The van der Waals surface area contributed by atoms with Crippen molar-refractivity contribution in [2.24, 2.45) is 0 Å². The summed E-state index contributed by atoms with van der Waals surface area (Å²) in [6.07, 6.45) is 14.5. The van der Waals surface area contributed by atoms with E-state index in [0.717, 1.165) is 19.4 Å². The van der Waals surface area contributed by atoms with Gasteiger partial charge in [-0.15, -0.1) is 0 Å². The van der Waals surface area contributed by atoms with Gasteiger partial charge in [-0.05, 0) is 18.9 Å². The second-order valence-electron chi connectivity index (χ2n) is 6.69. The maximum Gasteiger partial charge on any atom is 0.257 e. The minimum absolute atomic E-state index is 0.287. The first kappa shape index (κ1) is 22.3. The van der Waals surface area contributed by atoms with E-state index in [2.05, 4.69) is 12.2 Å². The standard InChI is InChI=1S/C21H34N2O3/c1-3-5-7-8-9-10-14-23-15-11-12-18(16-23)21(26)22-19(17-24)20(25)13-6-4-2/h6,11-13,15-16,19-20,24-25H,3-5,7-10,14,17H2,1-2H3/p+1/t19-,20+/m0/s1. The number of aliphatic hydroxyl groups excluding tert-OH is 2. The van der Waals surface area contributed by atoms with Gasteiger partial charge in [0.25, 0.3) is 5.91 Å². The molecule has 1 heterocycles. The van der Waals surface area contributed by atoms with Crippen LogP contribution >= 0.6 is 0 Å². The third-order valence-electron chi connectivity index (χ3n) is 4.38. The smallest absolute Gasteiger partial charge is 0.257 e. The van der Waals surface area contributed by atoms with Crippen molar-refractivity contribution in [3.8, 4) is 0 Å². The normalized spacial score (nSPS) is 13.7. The number of aryl methyl sites for hydroxylation is 1. The van der Waals surface area contributed by atoms with Crippen LogP contribution in [0.1, 0.15) is 69.2 Å². The first-order valence-electron chi connectivity index (χ1n) is 9.87. The third-order valence-corrected chi connectivity index (χ3v) is 4.38. The van der Waals surface area contributed by atoms with E-state index in [1.54, 1.807) is 12.1 Å². The lowest BCUT2D eigenvalue weighted by atomic mass is 10.1. The number of unbranched alkanes of at least 4 members (excludes halogenated alkanes) is 5. The van der Waals surface area contributed by atoms with Crippen molar-refractivity contribution >= 4 is 5.91 Å². The Labute approximate surface area is 157 Å². The summed E-state index contributed by atoms with van der Waals surface area (Å²) in [6.45, 7) is 4.75. The molecule has 5 heteroatoms. The zero-order valence-electron chi connectivity index (χ0n) is 16.2. The molecule has 0 unspecified atom stereocenters. The lowest BCUT2D eigenvalue weighted by Gasteiger charge is -2.19. The van der Waals surface area contributed by atoms with Gasteiger partial charge in [0.05, 0.1) is 18.8 Å². The summed E-state index contributed by atoms with van der Waals surface area (Å²) in [6, 6.07) is 2.89. The van der Waals surface area contributed by atoms with E-state index in [4.69, 9.17) is 0 Å². The number of nitrogens with zero attached hydrogens (tertiary/aromatic N) is 1. The SMILES string of the molecule is CCC=C[C@@H](O)[C@H](CO)NC(=O)c1ccc[n+](CCCCCCCC)c1. The molecule has 0 aliphatic carbocycles. The summed E-state index contributed by atoms with van der Waals surface area (Å²) in [5.41, 5.74) is 0.531. The van der Waals surface area contributed by atoms with E-state index in [1.807, 2.05) is 36.0 Å².